The van der Waals surface area contributed by atoms with Crippen LogP contribution in [0.4, 0.5) is 8.78 Å². The quantitative estimate of drug-likeness (QED) is 0.803. The molecule has 0 aromatic heterocycles. The number of benzene rings is 1. The number of methoxy groups -OCH3 is 1. The Morgan fingerprint density at radius 2 is 1.96 bits per heavy atom. The molecule has 3 nitrogen and oxygen atoms in total. The lowest BCUT2D eigenvalue weighted by atomic mass is 9.76. The van der Waals surface area contributed by atoms with Gasteiger partial charge in [-0.2, -0.15) is 0 Å². The molecule has 1 aromatic carbocycles. The summed E-state index contributed by atoms with van der Waals surface area (Å²) in [6.07, 6.45) is 8.24. The van der Waals surface area contributed by atoms with Gasteiger partial charge in [-0.05, 0) is 74.8 Å². The van der Waals surface area contributed by atoms with Gasteiger partial charge in [0.25, 0.3) is 0 Å². The monoisotopic (exact) mass is 367 g/mol. The van der Waals surface area contributed by atoms with Gasteiger partial charge in [0.15, 0.2) is 0 Å². The fraction of sp³-hybridized carbons (Fsp3) is 0.714. The molecule has 1 saturated carbocycles. The highest BCUT2D eigenvalue weighted by Crippen LogP contribution is 2.39. The number of nitrogens with two attached hydrogens (primary N) is 1. The lowest BCUT2D eigenvalue weighted by Gasteiger charge is -2.38. The summed E-state index contributed by atoms with van der Waals surface area (Å²) in [4.78, 5) is 0. The van der Waals surface area contributed by atoms with E-state index in [1.807, 2.05) is 0 Å². The minimum absolute atomic E-state index is 0.219. The predicted octanol–water partition coefficient (Wildman–Crippen LogP) is 4.54. The van der Waals surface area contributed by atoms with Crippen molar-refractivity contribution in [2.75, 3.05) is 20.3 Å². The normalized spacial score (nSPS) is 32.5. The van der Waals surface area contributed by atoms with Crippen LogP contribution >= 0.6 is 0 Å². The van der Waals surface area contributed by atoms with Crippen molar-refractivity contribution in [2.45, 2.75) is 68.9 Å². The maximum atomic E-state index is 14.0. The summed E-state index contributed by atoms with van der Waals surface area (Å²) in [6.45, 7) is 1.29. The van der Waals surface area contributed by atoms with E-state index in [2.05, 4.69) is 0 Å². The van der Waals surface area contributed by atoms with Crippen molar-refractivity contribution in [1.29, 1.82) is 0 Å². The van der Waals surface area contributed by atoms with Gasteiger partial charge in [-0.15, -0.1) is 0 Å². The van der Waals surface area contributed by atoms with Crippen LogP contribution in [0.15, 0.2) is 18.2 Å². The van der Waals surface area contributed by atoms with Crippen LogP contribution in [-0.4, -0.2) is 32.0 Å². The van der Waals surface area contributed by atoms with E-state index in [9.17, 15) is 8.78 Å². The molecule has 1 saturated heterocycles. The molecule has 26 heavy (non-hydrogen) atoms. The molecule has 1 aliphatic carbocycles. The third-order valence-electron chi connectivity index (χ3n) is 6.17. The van der Waals surface area contributed by atoms with Gasteiger partial charge in [0.05, 0.1) is 12.7 Å². The summed E-state index contributed by atoms with van der Waals surface area (Å²) < 4.78 is 38.2. The summed E-state index contributed by atoms with van der Waals surface area (Å²) >= 11 is 0. The van der Waals surface area contributed by atoms with Crippen LogP contribution in [0.1, 0.15) is 62.8 Å². The zero-order valence-corrected chi connectivity index (χ0v) is 15.7. The molecule has 2 fully saturated rings. The van der Waals surface area contributed by atoms with Crippen molar-refractivity contribution in [3.63, 3.8) is 0 Å². The van der Waals surface area contributed by atoms with Crippen LogP contribution in [-0.2, 0) is 9.47 Å². The Bertz CT molecular complexity index is 585. The Balaban J connectivity index is 1.44. The summed E-state index contributed by atoms with van der Waals surface area (Å²) in [7, 11) is 1.70. The summed E-state index contributed by atoms with van der Waals surface area (Å²) in [5.41, 5.74) is 6.83. The van der Waals surface area contributed by atoms with Crippen molar-refractivity contribution in [3.05, 3.63) is 35.4 Å². The molecule has 2 N–H and O–H groups in total. The van der Waals surface area contributed by atoms with E-state index in [1.165, 1.54) is 6.07 Å². The lowest BCUT2D eigenvalue weighted by molar-refractivity contribution is -0.0440. The molecule has 2 aliphatic rings. The fourth-order valence-corrected chi connectivity index (χ4v) is 4.66. The second kappa shape index (κ2) is 8.77. The van der Waals surface area contributed by atoms with Crippen molar-refractivity contribution in [2.24, 2.45) is 11.7 Å². The summed E-state index contributed by atoms with van der Waals surface area (Å²) in [5, 5.41) is 0. The van der Waals surface area contributed by atoms with E-state index in [0.717, 1.165) is 57.4 Å². The predicted molar refractivity (Wildman–Crippen MR) is 98.1 cm³/mol. The number of rotatable bonds is 6. The maximum absolute atomic E-state index is 14.0. The molecule has 3 rings (SSSR count). The molecular weight excluding hydrogens is 336 g/mol. The molecule has 146 valence electrons. The number of hydrogen-bond acceptors (Lipinski definition) is 3. The first-order chi connectivity index (χ1) is 12.5. The molecule has 1 aliphatic heterocycles. The Morgan fingerprint density at radius 3 is 2.65 bits per heavy atom. The van der Waals surface area contributed by atoms with Gasteiger partial charge in [-0.25, -0.2) is 8.78 Å². The second-order valence-corrected chi connectivity index (χ2v) is 8.20. The average Bonchev–Trinajstić information content (AvgIpc) is 2.61. The molecular formula is C21H31F2NO2. The highest BCUT2D eigenvalue weighted by atomic mass is 19.1. The molecule has 1 aromatic rings. The van der Waals surface area contributed by atoms with Crippen molar-refractivity contribution in [3.8, 4) is 0 Å². The molecule has 0 amide bonds. The molecule has 2 unspecified atom stereocenters. The highest BCUT2D eigenvalue weighted by Gasteiger charge is 2.34. The molecule has 0 spiro atoms. The summed E-state index contributed by atoms with van der Waals surface area (Å²) in [6, 6.07) is 3.98. The van der Waals surface area contributed by atoms with Crippen LogP contribution in [0.2, 0.25) is 0 Å². The van der Waals surface area contributed by atoms with E-state index < -0.39 is 11.6 Å². The molecule has 1 heterocycles. The third-order valence-corrected chi connectivity index (χ3v) is 6.17. The van der Waals surface area contributed by atoms with Gasteiger partial charge < -0.3 is 15.2 Å². The smallest absolute Gasteiger partial charge is 0.129 e. The SMILES string of the molecule is COCC1(N)CCOC(CCC2CCC(c3ccc(F)cc3F)CC2)C1. The zero-order valence-electron chi connectivity index (χ0n) is 15.7. The largest absolute Gasteiger partial charge is 0.383 e. The highest BCUT2D eigenvalue weighted by molar-refractivity contribution is 5.23. The topological polar surface area (TPSA) is 44.5 Å². The Morgan fingerprint density at radius 1 is 1.19 bits per heavy atom. The van der Waals surface area contributed by atoms with Crippen LogP contribution in [0.5, 0.6) is 0 Å². The number of hydrogen-bond donors (Lipinski definition) is 1. The Hall–Kier alpha value is -1.04. The second-order valence-electron chi connectivity index (χ2n) is 8.20. The molecule has 2 atom stereocenters. The molecule has 5 heteroatoms. The van der Waals surface area contributed by atoms with Gasteiger partial charge in [-0.3, -0.25) is 0 Å². The van der Waals surface area contributed by atoms with Crippen molar-refractivity contribution in [1.82, 2.24) is 0 Å². The van der Waals surface area contributed by atoms with Crippen LogP contribution in [0.3, 0.4) is 0 Å². The summed E-state index contributed by atoms with van der Waals surface area (Å²) in [5.74, 6) is -0.0237. The van der Waals surface area contributed by atoms with E-state index in [1.54, 1.807) is 13.2 Å². The van der Waals surface area contributed by atoms with Crippen LogP contribution < -0.4 is 5.73 Å². The maximum Gasteiger partial charge on any atom is 0.129 e. The Labute approximate surface area is 155 Å². The van der Waals surface area contributed by atoms with E-state index in [-0.39, 0.29) is 17.6 Å². The molecule has 0 radical (unpaired) electrons. The van der Waals surface area contributed by atoms with Gasteiger partial charge in [-0.1, -0.05) is 6.07 Å². The van der Waals surface area contributed by atoms with E-state index in [0.29, 0.717) is 24.7 Å². The van der Waals surface area contributed by atoms with Crippen LogP contribution in [0, 0.1) is 17.6 Å². The average molecular weight is 367 g/mol. The minimum Gasteiger partial charge on any atom is -0.383 e. The first kappa shape index (κ1) is 19.7. The lowest BCUT2D eigenvalue weighted by Crippen LogP contribution is -2.51. The van der Waals surface area contributed by atoms with Crippen molar-refractivity contribution < 1.29 is 18.3 Å². The van der Waals surface area contributed by atoms with E-state index in [4.69, 9.17) is 15.2 Å². The van der Waals surface area contributed by atoms with Gasteiger partial charge in [0, 0.05) is 25.3 Å². The first-order valence-electron chi connectivity index (χ1n) is 9.83. The van der Waals surface area contributed by atoms with Gasteiger partial charge in [0.2, 0.25) is 0 Å². The molecule has 0 bridgehead atoms. The van der Waals surface area contributed by atoms with Gasteiger partial charge in [0.1, 0.15) is 11.6 Å². The zero-order chi connectivity index (χ0) is 18.6. The number of ether oxygens (including phenoxy) is 2. The fourth-order valence-electron chi connectivity index (χ4n) is 4.66. The van der Waals surface area contributed by atoms with Crippen molar-refractivity contribution >= 4 is 0 Å². The standard InChI is InChI=1S/C21H31F2NO2/c1-25-14-21(24)10-11-26-18(13-21)8-4-15-2-5-16(6-3-15)19-9-7-17(22)12-20(19)23/h7,9,12,15-16,18H,2-6,8,10-11,13-14,24H2,1H3. The van der Waals surface area contributed by atoms with E-state index >= 15 is 0 Å². The number of halogens is 2. The third kappa shape index (κ3) is 5.02. The first-order valence-corrected chi connectivity index (χ1v) is 9.83. The van der Waals surface area contributed by atoms with Crippen LogP contribution in [0.25, 0.3) is 0 Å². The Kier molecular flexibility index (Phi) is 6.65. The minimum atomic E-state index is -0.503. The van der Waals surface area contributed by atoms with Gasteiger partial charge >= 0.3 is 0 Å².